The third kappa shape index (κ3) is 3.63. The number of rotatable bonds is 5. The van der Waals surface area contributed by atoms with Crippen molar-refractivity contribution < 1.29 is 9.53 Å². The molecule has 7 heteroatoms. The molecular formula is C14H16N4O2S. The molecule has 0 radical (unpaired) electrons. The monoisotopic (exact) mass is 304 g/mol. The van der Waals surface area contributed by atoms with Gasteiger partial charge in [-0.25, -0.2) is 4.79 Å². The van der Waals surface area contributed by atoms with Crippen LogP contribution in [0.15, 0.2) is 29.4 Å². The maximum Gasteiger partial charge on any atom is 0.337 e. The van der Waals surface area contributed by atoms with E-state index in [-0.39, 0.29) is 5.97 Å². The minimum atomic E-state index is -0.360. The van der Waals surface area contributed by atoms with Crippen molar-refractivity contribution in [2.75, 3.05) is 7.11 Å². The first-order valence-corrected chi connectivity index (χ1v) is 6.95. The van der Waals surface area contributed by atoms with Gasteiger partial charge in [0.05, 0.1) is 18.9 Å². The van der Waals surface area contributed by atoms with Crippen LogP contribution in [0.5, 0.6) is 0 Å². The number of carbonyl (C=O) groups excluding carboxylic acids is 1. The van der Waals surface area contributed by atoms with Crippen molar-refractivity contribution in [3.05, 3.63) is 46.0 Å². The summed E-state index contributed by atoms with van der Waals surface area (Å²) in [5, 5.41) is 11.2. The first-order valence-electron chi connectivity index (χ1n) is 6.54. The van der Waals surface area contributed by atoms with Crippen LogP contribution in [0.25, 0.3) is 0 Å². The molecule has 2 rings (SSSR count). The maximum absolute atomic E-state index is 11.3. The molecule has 0 atom stereocenters. The summed E-state index contributed by atoms with van der Waals surface area (Å²) < 4.78 is 6.71. The zero-order chi connectivity index (χ0) is 15.2. The summed E-state index contributed by atoms with van der Waals surface area (Å²) >= 11 is 5.14. The highest BCUT2D eigenvalue weighted by atomic mass is 32.1. The Morgan fingerprint density at radius 2 is 2.19 bits per heavy atom. The molecule has 0 spiro atoms. The van der Waals surface area contributed by atoms with Crippen LogP contribution >= 0.6 is 12.2 Å². The summed E-state index contributed by atoms with van der Waals surface area (Å²) in [7, 11) is 1.35. The number of ether oxygens (including phenoxy) is 1. The van der Waals surface area contributed by atoms with Crippen molar-refractivity contribution in [3.8, 4) is 0 Å². The van der Waals surface area contributed by atoms with Crippen LogP contribution in [0.4, 0.5) is 0 Å². The van der Waals surface area contributed by atoms with Crippen molar-refractivity contribution in [2.24, 2.45) is 5.10 Å². The number of esters is 1. The third-order valence-electron chi connectivity index (χ3n) is 2.85. The van der Waals surface area contributed by atoms with Gasteiger partial charge in [-0.15, -0.1) is 0 Å². The van der Waals surface area contributed by atoms with Crippen LogP contribution < -0.4 is 0 Å². The van der Waals surface area contributed by atoms with Crippen LogP contribution in [0.1, 0.15) is 35.1 Å². The molecule has 0 aliphatic heterocycles. The second-order valence-corrected chi connectivity index (χ2v) is 4.75. The van der Waals surface area contributed by atoms with Crippen LogP contribution in [0.3, 0.4) is 0 Å². The van der Waals surface area contributed by atoms with Gasteiger partial charge in [0.1, 0.15) is 0 Å². The van der Waals surface area contributed by atoms with Crippen LogP contribution in [-0.4, -0.2) is 34.2 Å². The van der Waals surface area contributed by atoms with E-state index >= 15 is 0 Å². The minimum absolute atomic E-state index is 0.360. The number of aromatic nitrogens is 3. The summed E-state index contributed by atoms with van der Waals surface area (Å²) in [6.07, 6.45) is 3.43. The zero-order valence-corrected chi connectivity index (χ0v) is 12.7. The lowest BCUT2D eigenvalue weighted by Gasteiger charge is -2.00. The van der Waals surface area contributed by atoms with Gasteiger partial charge < -0.3 is 4.74 Å². The lowest BCUT2D eigenvalue weighted by atomic mass is 10.1. The molecule has 1 aromatic heterocycles. The molecule has 21 heavy (non-hydrogen) atoms. The Labute approximate surface area is 127 Å². The van der Waals surface area contributed by atoms with E-state index in [4.69, 9.17) is 12.2 Å². The Balaban J connectivity index is 2.20. The molecule has 1 aromatic carbocycles. The van der Waals surface area contributed by atoms with Gasteiger partial charge >= 0.3 is 5.97 Å². The second-order valence-electron chi connectivity index (χ2n) is 4.36. The van der Waals surface area contributed by atoms with Crippen molar-refractivity contribution in [3.63, 3.8) is 0 Å². The first kappa shape index (κ1) is 15.1. The van der Waals surface area contributed by atoms with Crippen LogP contribution in [-0.2, 0) is 11.2 Å². The zero-order valence-electron chi connectivity index (χ0n) is 11.9. The largest absolute Gasteiger partial charge is 0.465 e. The van der Waals surface area contributed by atoms with Crippen molar-refractivity contribution >= 4 is 24.4 Å². The number of methoxy groups -OCH3 is 1. The molecule has 0 aliphatic carbocycles. The smallest absolute Gasteiger partial charge is 0.337 e. The van der Waals surface area contributed by atoms with Gasteiger partial charge in [0, 0.05) is 6.42 Å². The van der Waals surface area contributed by atoms with Gasteiger partial charge in [-0.3, -0.25) is 5.10 Å². The second kappa shape index (κ2) is 6.94. The van der Waals surface area contributed by atoms with Crippen LogP contribution in [0, 0.1) is 4.77 Å². The molecule has 0 unspecified atom stereocenters. The van der Waals surface area contributed by atoms with E-state index in [1.807, 2.05) is 0 Å². The number of benzene rings is 1. The van der Waals surface area contributed by atoms with Crippen LogP contribution in [0.2, 0.25) is 0 Å². The predicted molar refractivity (Wildman–Crippen MR) is 82.2 cm³/mol. The lowest BCUT2D eigenvalue weighted by Crippen LogP contribution is -2.01. The van der Waals surface area contributed by atoms with E-state index in [0.29, 0.717) is 10.3 Å². The summed E-state index contributed by atoms with van der Waals surface area (Å²) in [4.78, 5) is 11.3. The summed E-state index contributed by atoms with van der Waals surface area (Å²) in [5.41, 5.74) is 1.36. The van der Waals surface area contributed by atoms with Gasteiger partial charge in [-0.2, -0.15) is 14.9 Å². The molecule has 6 nitrogen and oxygen atoms in total. The molecule has 2 aromatic rings. The number of aryl methyl sites for hydroxylation is 1. The fourth-order valence-electron chi connectivity index (χ4n) is 1.78. The Kier molecular flexibility index (Phi) is 4.99. The Morgan fingerprint density at radius 3 is 2.81 bits per heavy atom. The first-order chi connectivity index (χ1) is 10.2. The summed E-state index contributed by atoms with van der Waals surface area (Å²) in [5.74, 6) is 0.436. The van der Waals surface area contributed by atoms with E-state index < -0.39 is 0 Å². The molecule has 0 saturated carbocycles. The topological polar surface area (TPSA) is 72.3 Å². The standard InChI is InChI=1S/C14H16N4O2S/c1-3-4-12-16-17-14(21)18(12)15-9-10-5-7-11(8-6-10)13(19)20-2/h5-9H,3-4H2,1-2H3,(H,17,21)/b15-9-. The number of carbonyl (C=O) groups is 1. The lowest BCUT2D eigenvalue weighted by molar-refractivity contribution is 0.0601. The van der Waals surface area contributed by atoms with Gasteiger partial charge in [0.2, 0.25) is 4.77 Å². The summed E-state index contributed by atoms with van der Waals surface area (Å²) in [6, 6.07) is 6.96. The van der Waals surface area contributed by atoms with Gasteiger partial charge in [-0.1, -0.05) is 19.1 Å². The molecule has 0 saturated heterocycles. The van der Waals surface area contributed by atoms with Gasteiger partial charge in [0.15, 0.2) is 5.82 Å². The highest BCUT2D eigenvalue weighted by Crippen LogP contribution is 2.05. The quantitative estimate of drug-likeness (QED) is 0.523. The van der Waals surface area contributed by atoms with E-state index in [2.05, 4.69) is 27.0 Å². The Morgan fingerprint density at radius 1 is 1.48 bits per heavy atom. The predicted octanol–water partition coefficient (Wildman–Crippen LogP) is 2.56. The van der Waals surface area contributed by atoms with Gasteiger partial charge in [0.25, 0.3) is 0 Å². The molecule has 0 fully saturated rings. The van der Waals surface area contributed by atoms with E-state index in [0.717, 1.165) is 24.2 Å². The molecular weight excluding hydrogens is 288 g/mol. The maximum atomic E-state index is 11.3. The Hall–Kier alpha value is -2.28. The number of nitrogens with zero attached hydrogens (tertiary/aromatic N) is 3. The number of hydrogen-bond donors (Lipinski definition) is 1. The summed E-state index contributed by atoms with van der Waals surface area (Å²) in [6.45, 7) is 2.07. The highest BCUT2D eigenvalue weighted by Gasteiger charge is 2.05. The van der Waals surface area contributed by atoms with Crippen molar-refractivity contribution in [1.29, 1.82) is 0 Å². The number of nitrogens with one attached hydrogen (secondary N) is 1. The van der Waals surface area contributed by atoms with E-state index in [9.17, 15) is 4.79 Å². The minimum Gasteiger partial charge on any atom is -0.465 e. The molecule has 0 bridgehead atoms. The number of hydrogen-bond acceptors (Lipinski definition) is 5. The fourth-order valence-corrected chi connectivity index (χ4v) is 1.97. The highest BCUT2D eigenvalue weighted by molar-refractivity contribution is 7.71. The molecule has 110 valence electrons. The SMILES string of the molecule is CCCc1n[nH]c(=S)n1/N=C\c1ccc(C(=O)OC)cc1. The Bertz CT molecular complexity index is 701. The van der Waals surface area contributed by atoms with E-state index in [1.54, 1.807) is 35.2 Å². The van der Waals surface area contributed by atoms with Crippen molar-refractivity contribution in [1.82, 2.24) is 14.9 Å². The van der Waals surface area contributed by atoms with Gasteiger partial charge in [-0.05, 0) is 36.3 Å². The van der Waals surface area contributed by atoms with E-state index in [1.165, 1.54) is 7.11 Å². The van der Waals surface area contributed by atoms with Crippen molar-refractivity contribution in [2.45, 2.75) is 19.8 Å². The molecule has 0 amide bonds. The average Bonchev–Trinajstić information content (AvgIpc) is 2.86. The number of H-pyrrole nitrogens is 1. The third-order valence-corrected chi connectivity index (χ3v) is 3.11. The molecule has 1 N–H and O–H groups in total. The molecule has 0 aliphatic rings. The fraction of sp³-hybridized carbons (Fsp3) is 0.286. The number of aromatic amines is 1. The average molecular weight is 304 g/mol. The normalized spacial score (nSPS) is 11.0. The molecule has 1 heterocycles.